The molecule has 33 heavy (non-hydrogen) atoms. The summed E-state index contributed by atoms with van der Waals surface area (Å²) in [5.41, 5.74) is 3.07. The summed E-state index contributed by atoms with van der Waals surface area (Å²) in [5.74, 6) is -1.17. The highest BCUT2D eigenvalue weighted by Crippen LogP contribution is 2.37. The SMILES string of the molecule is CCOc1cc(/C=N\NC(=O)c2ccc(C#N)cc2F)cc(Br)c1OCc1ccccc1F. The monoisotopic (exact) mass is 513 g/mol. The zero-order valence-corrected chi connectivity index (χ0v) is 19.0. The van der Waals surface area contributed by atoms with Gasteiger partial charge in [0.15, 0.2) is 11.5 Å². The van der Waals surface area contributed by atoms with Gasteiger partial charge >= 0.3 is 0 Å². The van der Waals surface area contributed by atoms with E-state index in [0.717, 1.165) is 6.07 Å². The highest BCUT2D eigenvalue weighted by atomic mass is 79.9. The Labute approximate surface area is 197 Å². The molecule has 0 fully saturated rings. The van der Waals surface area contributed by atoms with Gasteiger partial charge in [0, 0.05) is 5.56 Å². The summed E-state index contributed by atoms with van der Waals surface area (Å²) in [4.78, 5) is 12.2. The summed E-state index contributed by atoms with van der Waals surface area (Å²) < 4.78 is 39.8. The van der Waals surface area contributed by atoms with Crippen LogP contribution in [0.5, 0.6) is 11.5 Å². The normalized spacial score (nSPS) is 10.6. The number of benzene rings is 3. The van der Waals surface area contributed by atoms with E-state index in [4.69, 9.17) is 14.7 Å². The molecule has 0 unspecified atom stereocenters. The van der Waals surface area contributed by atoms with Crippen LogP contribution in [0.3, 0.4) is 0 Å². The molecule has 1 N–H and O–H groups in total. The Hall–Kier alpha value is -3.77. The van der Waals surface area contributed by atoms with Crippen molar-refractivity contribution < 1.29 is 23.0 Å². The average molecular weight is 514 g/mol. The van der Waals surface area contributed by atoms with E-state index < -0.39 is 11.7 Å². The predicted molar refractivity (Wildman–Crippen MR) is 122 cm³/mol. The fourth-order valence-electron chi connectivity index (χ4n) is 2.83. The van der Waals surface area contributed by atoms with Gasteiger partial charge in [-0.3, -0.25) is 4.79 Å². The van der Waals surface area contributed by atoms with E-state index in [2.05, 4.69) is 26.5 Å². The fraction of sp³-hybridized carbons (Fsp3) is 0.125. The molecule has 0 aliphatic carbocycles. The molecule has 0 aliphatic rings. The van der Waals surface area contributed by atoms with Gasteiger partial charge in [-0.15, -0.1) is 0 Å². The second kappa shape index (κ2) is 11.2. The molecule has 6 nitrogen and oxygen atoms in total. The first kappa shape index (κ1) is 23.9. The quantitative estimate of drug-likeness (QED) is 0.325. The van der Waals surface area contributed by atoms with Crippen molar-refractivity contribution in [1.29, 1.82) is 5.26 Å². The van der Waals surface area contributed by atoms with Crippen LogP contribution in [0.1, 0.15) is 34.0 Å². The molecule has 0 saturated heterocycles. The number of hydrogen-bond donors (Lipinski definition) is 1. The number of carbonyl (C=O) groups is 1. The van der Waals surface area contributed by atoms with Crippen LogP contribution in [0.15, 0.2) is 64.2 Å². The maximum absolute atomic E-state index is 14.0. The minimum Gasteiger partial charge on any atom is -0.490 e. The van der Waals surface area contributed by atoms with Gasteiger partial charge in [0.2, 0.25) is 0 Å². The number of halogens is 3. The van der Waals surface area contributed by atoms with Crippen LogP contribution < -0.4 is 14.9 Å². The molecule has 0 saturated carbocycles. The number of nitriles is 1. The van der Waals surface area contributed by atoms with E-state index in [1.165, 1.54) is 24.4 Å². The molecule has 9 heteroatoms. The summed E-state index contributed by atoms with van der Waals surface area (Å²) in [5, 5.41) is 12.6. The van der Waals surface area contributed by atoms with Gasteiger partial charge < -0.3 is 9.47 Å². The van der Waals surface area contributed by atoms with E-state index in [1.54, 1.807) is 36.4 Å². The largest absolute Gasteiger partial charge is 0.490 e. The summed E-state index contributed by atoms with van der Waals surface area (Å²) in [6.07, 6.45) is 1.35. The Morgan fingerprint density at radius 3 is 2.64 bits per heavy atom. The molecule has 3 rings (SSSR count). The Morgan fingerprint density at radius 2 is 1.94 bits per heavy atom. The molecule has 0 aromatic heterocycles. The molecule has 3 aromatic carbocycles. The smallest absolute Gasteiger partial charge is 0.274 e. The van der Waals surface area contributed by atoms with Crippen LogP contribution in [0.2, 0.25) is 0 Å². The van der Waals surface area contributed by atoms with E-state index in [9.17, 15) is 13.6 Å². The number of carbonyl (C=O) groups excluding carboxylic acids is 1. The lowest BCUT2D eigenvalue weighted by atomic mass is 10.1. The van der Waals surface area contributed by atoms with Crippen LogP contribution in [0, 0.1) is 23.0 Å². The Bertz CT molecular complexity index is 1240. The van der Waals surface area contributed by atoms with Crippen LogP contribution in [-0.4, -0.2) is 18.7 Å². The second-order valence-electron chi connectivity index (χ2n) is 6.65. The Kier molecular flexibility index (Phi) is 8.11. The topological polar surface area (TPSA) is 83.7 Å². The summed E-state index contributed by atoms with van der Waals surface area (Å²) in [6.45, 7) is 2.17. The van der Waals surface area contributed by atoms with Crippen LogP contribution in [0.25, 0.3) is 0 Å². The Morgan fingerprint density at radius 1 is 1.15 bits per heavy atom. The third-order valence-corrected chi connectivity index (χ3v) is 4.97. The standard InChI is InChI=1S/C24H18BrF2N3O3/c1-2-32-22-11-16(9-19(25)23(22)33-14-17-5-3-4-6-20(17)26)13-29-30-24(31)18-8-7-15(12-28)10-21(18)27/h3-11,13H,2,14H2,1H3,(H,30,31)/b29-13-. The predicted octanol–water partition coefficient (Wildman–Crippen LogP) is 5.34. The second-order valence-corrected chi connectivity index (χ2v) is 7.50. The van der Waals surface area contributed by atoms with Crippen molar-refractivity contribution in [2.24, 2.45) is 5.10 Å². The molecule has 0 atom stereocenters. The van der Waals surface area contributed by atoms with Gasteiger partial charge in [-0.05, 0) is 64.8 Å². The first-order valence-electron chi connectivity index (χ1n) is 9.78. The van der Waals surface area contributed by atoms with Gasteiger partial charge in [0.05, 0.1) is 34.5 Å². The van der Waals surface area contributed by atoms with E-state index in [1.807, 2.05) is 6.92 Å². The molecular formula is C24H18BrF2N3O3. The van der Waals surface area contributed by atoms with Crippen molar-refractivity contribution in [3.63, 3.8) is 0 Å². The first-order valence-corrected chi connectivity index (χ1v) is 10.6. The number of nitrogens with one attached hydrogen (secondary N) is 1. The van der Waals surface area contributed by atoms with Crippen molar-refractivity contribution >= 4 is 28.1 Å². The van der Waals surface area contributed by atoms with Gasteiger partial charge in [0.1, 0.15) is 18.2 Å². The lowest BCUT2D eigenvalue weighted by molar-refractivity contribution is 0.0951. The Balaban J connectivity index is 1.74. The molecule has 0 bridgehead atoms. The van der Waals surface area contributed by atoms with Crippen molar-refractivity contribution in [2.75, 3.05) is 6.61 Å². The van der Waals surface area contributed by atoms with Crippen molar-refractivity contribution in [3.05, 3.63) is 93.0 Å². The maximum atomic E-state index is 14.0. The zero-order valence-electron chi connectivity index (χ0n) is 17.4. The molecule has 168 valence electrons. The number of amides is 1. The lowest BCUT2D eigenvalue weighted by Gasteiger charge is -2.15. The molecule has 3 aromatic rings. The first-order chi connectivity index (χ1) is 15.9. The minimum absolute atomic E-state index is 0.00496. The van der Waals surface area contributed by atoms with Gasteiger partial charge in [0.25, 0.3) is 5.91 Å². The molecule has 1 amide bonds. The van der Waals surface area contributed by atoms with E-state index in [-0.39, 0.29) is 23.6 Å². The molecule has 0 heterocycles. The summed E-state index contributed by atoms with van der Waals surface area (Å²) in [6, 6.07) is 15.0. The van der Waals surface area contributed by atoms with Gasteiger partial charge in [-0.25, -0.2) is 14.2 Å². The van der Waals surface area contributed by atoms with Crippen LogP contribution >= 0.6 is 15.9 Å². The maximum Gasteiger partial charge on any atom is 0.274 e. The highest BCUT2D eigenvalue weighted by Gasteiger charge is 2.14. The summed E-state index contributed by atoms with van der Waals surface area (Å²) >= 11 is 3.42. The minimum atomic E-state index is -0.820. The van der Waals surface area contributed by atoms with Crippen LogP contribution in [0.4, 0.5) is 8.78 Å². The number of ether oxygens (including phenoxy) is 2. The zero-order chi connectivity index (χ0) is 23.8. The molecule has 0 aliphatic heterocycles. The van der Waals surface area contributed by atoms with Crippen molar-refractivity contribution in [2.45, 2.75) is 13.5 Å². The van der Waals surface area contributed by atoms with Crippen molar-refractivity contribution in [3.8, 4) is 17.6 Å². The number of hydrazone groups is 1. The van der Waals surface area contributed by atoms with Crippen molar-refractivity contribution in [1.82, 2.24) is 5.43 Å². The lowest BCUT2D eigenvalue weighted by Crippen LogP contribution is -2.19. The van der Waals surface area contributed by atoms with E-state index >= 15 is 0 Å². The molecule has 0 spiro atoms. The highest BCUT2D eigenvalue weighted by molar-refractivity contribution is 9.10. The van der Waals surface area contributed by atoms with Gasteiger partial charge in [-0.2, -0.15) is 10.4 Å². The van der Waals surface area contributed by atoms with Crippen LogP contribution in [-0.2, 0) is 6.61 Å². The average Bonchev–Trinajstić information content (AvgIpc) is 2.79. The van der Waals surface area contributed by atoms with E-state index in [0.29, 0.717) is 33.7 Å². The molecule has 0 radical (unpaired) electrons. The number of rotatable bonds is 8. The fourth-order valence-corrected chi connectivity index (χ4v) is 3.40. The third-order valence-electron chi connectivity index (χ3n) is 4.38. The number of hydrogen-bond acceptors (Lipinski definition) is 5. The third kappa shape index (κ3) is 6.14. The molecular weight excluding hydrogens is 496 g/mol. The summed E-state index contributed by atoms with van der Waals surface area (Å²) in [7, 11) is 0. The number of nitrogens with zero attached hydrogens (tertiary/aromatic N) is 2. The van der Waals surface area contributed by atoms with Gasteiger partial charge in [-0.1, -0.05) is 18.2 Å².